The van der Waals surface area contributed by atoms with Crippen LogP contribution in [0.15, 0.2) is 53.7 Å². The summed E-state index contributed by atoms with van der Waals surface area (Å²) in [5.41, 5.74) is 2.81. The molecule has 2 aliphatic rings. The van der Waals surface area contributed by atoms with Crippen LogP contribution in [0, 0.1) is 5.82 Å². The molecule has 31 heavy (non-hydrogen) atoms. The second-order valence-electron chi connectivity index (χ2n) is 7.64. The molecule has 2 fully saturated rings. The quantitative estimate of drug-likeness (QED) is 0.613. The molecular formula is C23H19FN4O2S. The van der Waals surface area contributed by atoms with Crippen molar-refractivity contribution in [3.05, 3.63) is 70.6 Å². The Balaban J connectivity index is 1.40. The van der Waals surface area contributed by atoms with Crippen molar-refractivity contribution in [2.75, 3.05) is 18.0 Å². The number of rotatable bonds is 3. The fourth-order valence-corrected chi connectivity index (χ4v) is 4.82. The number of nitrogens with one attached hydrogen (secondary N) is 1. The Labute approximate surface area is 182 Å². The standard InChI is InChI=1S/C23H19FN4O2S/c24-17-4-2-15(3-5-17)16-7-9-28(10-8-16)21-18-11-14(1-6-19(18)25-13-26-21)12-20-22(29)27-23(30)31-20/h1-6,11-13,16H,7-10H2,(H,27,29,30). The zero-order valence-corrected chi connectivity index (χ0v) is 17.4. The fraction of sp³-hybridized carbons (Fsp3) is 0.217. The molecule has 1 N–H and O–H groups in total. The van der Waals surface area contributed by atoms with Gasteiger partial charge in [0, 0.05) is 18.5 Å². The first kappa shape index (κ1) is 19.7. The summed E-state index contributed by atoms with van der Waals surface area (Å²) in [4.78, 5) is 34.8. The zero-order valence-electron chi connectivity index (χ0n) is 16.5. The molecule has 0 bridgehead atoms. The average Bonchev–Trinajstić information content (AvgIpc) is 3.10. The van der Waals surface area contributed by atoms with Gasteiger partial charge < -0.3 is 4.90 Å². The van der Waals surface area contributed by atoms with Crippen molar-refractivity contribution >= 4 is 45.7 Å². The highest BCUT2D eigenvalue weighted by molar-refractivity contribution is 8.18. The monoisotopic (exact) mass is 434 g/mol. The number of carbonyl (C=O) groups excluding carboxylic acids is 2. The zero-order chi connectivity index (χ0) is 21.4. The van der Waals surface area contributed by atoms with Crippen molar-refractivity contribution < 1.29 is 14.0 Å². The van der Waals surface area contributed by atoms with Gasteiger partial charge in [0.05, 0.1) is 10.4 Å². The second-order valence-corrected chi connectivity index (χ2v) is 8.65. The molecule has 5 rings (SSSR count). The highest BCUT2D eigenvalue weighted by Crippen LogP contribution is 2.33. The van der Waals surface area contributed by atoms with Gasteiger partial charge in [-0.2, -0.15) is 0 Å². The molecule has 0 radical (unpaired) electrons. The molecule has 156 valence electrons. The highest BCUT2D eigenvalue weighted by atomic mass is 32.2. The molecule has 1 aromatic heterocycles. The Kier molecular flexibility index (Phi) is 5.15. The van der Waals surface area contributed by atoms with Crippen LogP contribution < -0.4 is 10.2 Å². The molecule has 8 heteroatoms. The third kappa shape index (κ3) is 4.03. The predicted octanol–water partition coefficient (Wildman–Crippen LogP) is 4.48. The van der Waals surface area contributed by atoms with Crippen LogP contribution in [0.2, 0.25) is 0 Å². The van der Waals surface area contributed by atoms with Crippen molar-refractivity contribution in [3.63, 3.8) is 0 Å². The third-order valence-corrected chi connectivity index (χ3v) is 6.52. The molecule has 2 aromatic carbocycles. The molecule has 0 spiro atoms. The van der Waals surface area contributed by atoms with Crippen molar-refractivity contribution in [1.29, 1.82) is 0 Å². The van der Waals surface area contributed by atoms with E-state index < -0.39 is 0 Å². The van der Waals surface area contributed by atoms with Crippen LogP contribution in [0.3, 0.4) is 0 Å². The number of piperidine rings is 1. The summed E-state index contributed by atoms with van der Waals surface area (Å²) >= 11 is 0.902. The highest BCUT2D eigenvalue weighted by Gasteiger charge is 2.25. The molecule has 2 amide bonds. The van der Waals surface area contributed by atoms with E-state index in [1.54, 1.807) is 12.4 Å². The van der Waals surface area contributed by atoms with Crippen molar-refractivity contribution in [2.45, 2.75) is 18.8 Å². The number of nitrogens with zero attached hydrogens (tertiary/aromatic N) is 3. The van der Waals surface area contributed by atoms with Crippen LogP contribution in [-0.4, -0.2) is 34.2 Å². The number of anilines is 1. The largest absolute Gasteiger partial charge is 0.356 e. The van der Waals surface area contributed by atoms with Crippen molar-refractivity contribution in [3.8, 4) is 0 Å². The van der Waals surface area contributed by atoms with E-state index in [0.29, 0.717) is 10.8 Å². The molecule has 6 nitrogen and oxygen atoms in total. The van der Waals surface area contributed by atoms with Crippen molar-refractivity contribution in [1.82, 2.24) is 15.3 Å². The lowest BCUT2D eigenvalue weighted by Crippen LogP contribution is -2.33. The van der Waals surface area contributed by atoms with Gasteiger partial charge in [-0.25, -0.2) is 14.4 Å². The van der Waals surface area contributed by atoms with Gasteiger partial charge in [0.2, 0.25) is 0 Å². The molecule has 0 saturated carbocycles. The van der Waals surface area contributed by atoms with E-state index in [2.05, 4.69) is 20.2 Å². The molecule has 0 atom stereocenters. The van der Waals surface area contributed by atoms with Gasteiger partial charge in [-0.05, 0) is 72.0 Å². The Morgan fingerprint density at radius 2 is 1.84 bits per heavy atom. The van der Waals surface area contributed by atoms with E-state index in [-0.39, 0.29) is 17.0 Å². The first-order chi connectivity index (χ1) is 15.1. The number of hydrogen-bond donors (Lipinski definition) is 1. The number of amides is 2. The summed E-state index contributed by atoms with van der Waals surface area (Å²) in [6.07, 6.45) is 5.20. The minimum atomic E-state index is -0.373. The van der Waals surface area contributed by atoms with E-state index in [1.807, 2.05) is 30.3 Å². The topological polar surface area (TPSA) is 75.2 Å². The Hall–Kier alpha value is -3.26. The number of halogens is 1. The average molecular weight is 434 g/mol. The predicted molar refractivity (Wildman–Crippen MR) is 119 cm³/mol. The summed E-state index contributed by atoms with van der Waals surface area (Å²) < 4.78 is 13.2. The number of benzene rings is 2. The van der Waals surface area contributed by atoms with Crippen LogP contribution in [0.4, 0.5) is 15.0 Å². The molecule has 3 heterocycles. The Morgan fingerprint density at radius 1 is 1.06 bits per heavy atom. The molecule has 2 saturated heterocycles. The van der Waals surface area contributed by atoms with Crippen LogP contribution in [0.5, 0.6) is 0 Å². The van der Waals surface area contributed by atoms with E-state index in [4.69, 9.17) is 0 Å². The van der Waals surface area contributed by atoms with Gasteiger partial charge in [-0.15, -0.1) is 0 Å². The lowest BCUT2D eigenvalue weighted by molar-refractivity contribution is -0.115. The third-order valence-electron chi connectivity index (χ3n) is 5.71. The molecule has 3 aromatic rings. The lowest BCUT2D eigenvalue weighted by Gasteiger charge is -2.33. The number of imide groups is 1. The van der Waals surface area contributed by atoms with Crippen LogP contribution in [-0.2, 0) is 4.79 Å². The minimum Gasteiger partial charge on any atom is -0.356 e. The van der Waals surface area contributed by atoms with E-state index >= 15 is 0 Å². The fourth-order valence-electron chi connectivity index (χ4n) is 4.13. The van der Waals surface area contributed by atoms with Gasteiger partial charge in [0.15, 0.2) is 0 Å². The Morgan fingerprint density at radius 3 is 2.55 bits per heavy atom. The molecular weight excluding hydrogens is 415 g/mol. The van der Waals surface area contributed by atoms with Gasteiger partial charge in [0.1, 0.15) is 18.0 Å². The number of thioether (sulfide) groups is 1. The maximum absolute atomic E-state index is 13.2. The number of carbonyl (C=O) groups is 2. The first-order valence-corrected chi connectivity index (χ1v) is 10.9. The maximum Gasteiger partial charge on any atom is 0.290 e. The number of aromatic nitrogens is 2. The Bertz CT molecular complexity index is 1200. The molecule has 0 aliphatic carbocycles. The normalized spacial score (nSPS) is 18.7. The van der Waals surface area contributed by atoms with Crippen LogP contribution in [0.25, 0.3) is 17.0 Å². The summed E-state index contributed by atoms with van der Waals surface area (Å²) in [7, 11) is 0. The first-order valence-electron chi connectivity index (χ1n) is 10.1. The van der Waals surface area contributed by atoms with Crippen LogP contribution >= 0.6 is 11.8 Å². The van der Waals surface area contributed by atoms with E-state index in [1.165, 1.54) is 17.7 Å². The van der Waals surface area contributed by atoms with Crippen molar-refractivity contribution in [2.24, 2.45) is 0 Å². The molecule has 2 aliphatic heterocycles. The van der Waals surface area contributed by atoms with Gasteiger partial charge in [-0.1, -0.05) is 18.2 Å². The van der Waals surface area contributed by atoms with Gasteiger partial charge in [0.25, 0.3) is 11.1 Å². The minimum absolute atomic E-state index is 0.211. The summed E-state index contributed by atoms with van der Waals surface area (Å²) in [5, 5.41) is 2.82. The van der Waals surface area contributed by atoms with Gasteiger partial charge >= 0.3 is 0 Å². The van der Waals surface area contributed by atoms with Gasteiger partial charge in [-0.3, -0.25) is 14.9 Å². The summed E-state index contributed by atoms with van der Waals surface area (Å²) in [6, 6.07) is 12.5. The molecule has 0 unspecified atom stereocenters. The van der Waals surface area contributed by atoms with E-state index in [9.17, 15) is 14.0 Å². The SMILES string of the molecule is O=C1NC(=O)C(=Cc2ccc3ncnc(N4CCC(c5ccc(F)cc5)CC4)c3c2)S1. The van der Waals surface area contributed by atoms with Crippen LogP contribution in [0.1, 0.15) is 29.9 Å². The van der Waals surface area contributed by atoms with E-state index in [0.717, 1.165) is 60.0 Å². The second kappa shape index (κ2) is 8.11. The number of fused-ring (bicyclic) bond motifs is 1. The lowest BCUT2D eigenvalue weighted by atomic mass is 9.89. The number of hydrogen-bond acceptors (Lipinski definition) is 6. The summed E-state index contributed by atoms with van der Waals surface area (Å²) in [6.45, 7) is 1.68. The maximum atomic E-state index is 13.2. The smallest absolute Gasteiger partial charge is 0.290 e. The summed E-state index contributed by atoms with van der Waals surface area (Å²) in [5.74, 6) is 0.683.